The summed E-state index contributed by atoms with van der Waals surface area (Å²) in [4.78, 5) is 42.2. The zero-order valence-corrected chi connectivity index (χ0v) is 21.0. The van der Waals surface area contributed by atoms with Gasteiger partial charge in [0.2, 0.25) is 11.8 Å². The Balaban J connectivity index is 0. The molecule has 0 unspecified atom stereocenters. The largest absolute Gasteiger partial charge is 0.480 e. The summed E-state index contributed by atoms with van der Waals surface area (Å²) in [5, 5.41) is 18.9. The van der Waals surface area contributed by atoms with Crippen molar-refractivity contribution in [1.29, 1.82) is 0 Å². The molecule has 1 aromatic rings. The number of hydrogen-bond donors (Lipinski definition) is 6. The van der Waals surface area contributed by atoms with E-state index >= 15 is 0 Å². The highest BCUT2D eigenvalue weighted by molar-refractivity contribution is 5.94. The first-order chi connectivity index (χ1) is 16.2. The first-order valence-corrected chi connectivity index (χ1v) is 11.7. The van der Waals surface area contributed by atoms with Crippen LogP contribution in [0.5, 0.6) is 0 Å². The molecule has 0 aliphatic rings. The summed E-state index contributed by atoms with van der Waals surface area (Å²) < 4.78 is 0. The van der Waals surface area contributed by atoms with Crippen molar-refractivity contribution in [3.8, 4) is 0 Å². The molecule has 34 heavy (non-hydrogen) atoms. The van der Waals surface area contributed by atoms with E-state index in [0.29, 0.717) is 6.42 Å². The van der Waals surface area contributed by atoms with Gasteiger partial charge < -0.3 is 32.1 Å². The quantitative estimate of drug-likeness (QED) is 0.222. The summed E-state index contributed by atoms with van der Waals surface area (Å²) in [7, 11) is 1.59. The molecule has 1 aromatic carbocycles. The number of carbonyl (C=O) groups excluding carboxylic acids is 3. The minimum Gasteiger partial charge on any atom is -0.480 e. The molecule has 1 rings (SSSR count). The van der Waals surface area contributed by atoms with Crippen LogP contribution in [0.2, 0.25) is 0 Å². The number of anilines is 1. The van der Waals surface area contributed by atoms with Gasteiger partial charge in [-0.15, -0.1) is 0 Å². The smallest absolute Gasteiger partial charge is 0.317 e. The number of benzene rings is 1. The molecule has 0 aliphatic carbocycles. The normalized spacial score (nSPS) is 9.41. The number of hydrogen-bond acceptors (Lipinski definition) is 6. The zero-order valence-electron chi connectivity index (χ0n) is 21.0. The SMILES string of the molecule is CCCCC(=O)NCC(N)=O.CCCCNC(=O)c1ccc(NCCC)cc1.CNCC(=O)O. The van der Waals surface area contributed by atoms with Gasteiger partial charge in [-0.1, -0.05) is 33.6 Å². The van der Waals surface area contributed by atoms with Gasteiger partial charge >= 0.3 is 5.97 Å². The van der Waals surface area contributed by atoms with E-state index in [4.69, 9.17) is 10.8 Å². The first-order valence-electron chi connectivity index (χ1n) is 11.7. The number of amides is 3. The zero-order chi connectivity index (χ0) is 26.2. The molecule has 10 nitrogen and oxygen atoms in total. The van der Waals surface area contributed by atoms with E-state index in [1.807, 2.05) is 31.2 Å². The second-order valence-electron chi connectivity index (χ2n) is 7.38. The summed E-state index contributed by atoms with van der Waals surface area (Å²) in [6, 6.07) is 7.62. The second-order valence-corrected chi connectivity index (χ2v) is 7.38. The van der Waals surface area contributed by atoms with Gasteiger partial charge in [-0.2, -0.15) is 0 Å². The Bertz CT molecular complexity index is 695. The Morgan fingerprint density at radius 2 is 1.47 bits per heavy atom. The third-order valence-corrected chi connectivity index (χ3v) is 4.09. The first kappa shape index (κ1) is 33.0. The monoisotopic (exact) mass is 481 g/mol. The van der Waals surface area contributed by atoms with Gasteiger partial charge in [-0.05, 0) is 50.6 Å². The molecule has 3 amide bonds. The van der Waals surface area contributed by atoms with Gasteiger partial charge in [0.1, 0.15) is 0 Å². The van der Waals surface area contributed by atoms with Crippen LogP contribution in [-0.2, 0) is 14.4 Å². The molecule has 0 bridgehead atoms. The molecule has 0 radical (unpaired) electrons. The maximum absolute atomic E-state index is 11.7. The lowest BCUT2D eigenvalue weighted by Crippen LogP contribution is -2.33. The minimum atomic E-state index is -0.822. The average molecular weight is 482 g/mol. The minimum absolute atomic E-state index is 0.0143. The van der Waals surface area contributed by atoms with Crippen molar-refractivity contribution < 1.29 is 24.3 Å². The molecule has 0 atom stereocenters. The number of nitrogens with two attached hydrogens (primary N) is 1. The number of nitrogens with one attached hydrogen (secondary N) is 4. The number of likely N-dealkylation sites (N-methyl/N-ethyl adjacent to an activating group) is 1. The highest BCUT2D eigenvalue weighted by atomic mass is 16.4. The molecule has 0 saturated carbocycles. The Hall–Kier alpha value is -3.14. The number of primary amides is 1. The maximum atomic E-state index is 11.7. The molecule has 0 aromatic heterocycles. The predicted molar refractivity (Wildman–Crippen MR) is 136 cm³/mol. The van der Waals surface area contributed by atoms with Crippen LogP contribution in [0.1, 0.15) is 69.7 Å². The molecule has 7 N–H and O–H groups in total. The van der Waals surface area contributed by atoms with Crippen LogP contribution in [0.3, 0.4) is 0 Å². The highest BCUT2D eigenvalue weighted by Gasteiger charge is 2.03. The number of carboxylic acid groups (broad SMARTS) is 1. The van der Waals surface area contributed by atoms with Crippen molar-refractivity contribution in [2.24, 2.45) is 5.73 Å². The van der Waals surface area contributed by atoms with Gasteiger partial charge in [0.15, 0.2) is 0 Å². The Labute approximate surface area is 203 Å². The van der Waals surface area contributed by atoms with Crippen LogP contribution in [-0.4, -0.2) is 62.0 Å². The van der Waals surface area contributed by atoms with Crippen molar-refractivity contribution in [1.82, 2.24) is 16.0 Å². The van der Waals surface area contributed by atoms with E-state index in [0.717, 1.165) is 56.4 Å². The van der Waals surface area contributed by atoms with E-state index in [2.05, 4.69) is 35.1 Å². The molecule has 194 valence electrons. The van der Waals surface area contributed by atoms with E-state index in [-0.39, 0.29) is 24.9 Å². The predicted octanol–water partition coefficient (Wildman–Crippen LogP) is 2.11. The molecule has 0 aliphatic heterocycles. The molecular formula is C24H43N5O5. The third-order valence-electron chi connectivity index (χ3n) is 4.09. The van der Waals surface area contributed by atoms with Gasteiger partial charge in [0.25, 0.3) is 5.91 Å². The van der Waals surface area contributed by atoms with Crippen LogP contribution in [0.25, 0.3) is 0 Å². The number of aliphatic carboxylic acids is 1. The van der Waals surface area contributed by atoms with Crippen LogP contribution in [0.15, 0.2) is 24.3 Å². The number of unbranched alkanes of at least 4 members (excludes halogenated alkanes) is 2. The number of rotatable bonds is 14. The average Bonchev–Trinajstić information content (AvgIpc) is 2.81. The maximum Gasteiger partial charge on any atom is 0.317 e. The van der Waals surface area contributed by atoms with Crippen molar-refractivity contribution in [2.45, 2.75) is 59.3 Å². The van der Waals surface area contributed by atoms with Gasteiger partial charge in [-0.3, -0.25) is 19.2 Å². The van der Waals surface area contributed by atoms with E-state index in [9.17, 15) is 19.2 Å². The topological polar surface area (TPSA) is 163 Å². The Morgan fingerprint density at radius 1 is 0.853 bits per heavy atom. The van der Waals surface area contributed by atoms with Crippen molar-refractivity contribution in [3.63, 3.8) is 0 Å². The Morgan fingerprint density at radius 3 is 1.91 bits per heavy atom. The van der Waals surface area contributed by atoms with Crippen molar-refractivity contribution in [2.75, 3.05) is 38.5 Å². The van der Waals surface area contributed by atoms with Gasteiger partial charge in [-0.25, -0.2) is 0 Å². The van der Waals surface area contributed by atoms with Crippen LogP contribution < -0.4 is 27.0 Å². The standard InChI is InChI=1S/C14H22N2O.C7H14N2O2.C3H7NO2/c1-3-5-11-16-14(17)12-6-8-13(9-7-12)15-10-4-2;1-2-3-4-7(11)9-5-6(8)10;1-4-2-3(5)6/h6-9,15H,3-5,10-11H2,1-2H3,(H,16,17);2-5H2,1H3,(H2,8,10)(H,9,11);4H,2H2,1H3,(H,5,6). The molecule has 10 heteroatoms. The second kappa shape index (κ2) is 23.0. The summed E-state index contributed by atoms with van der Waals surface area (Å²) in [5.74, 6) is -1.42. The lowest BCUT2D eigenvalue weighted by molar-refractivity contribution is -0.135. The molecule has 0 heterocycles. The highest BCUT2D eigenvalue weighted by Crippen LogP contribution is 2.09. The van der Waals surface area contributed by atoms with Crippen LogP contribution in [0, 0.1) is 0 Å². The molecule has 0 saturated heterocycles. The molecular weight excluding hydrogens is 438 g/mol. The van der Waals surface area contributed by atoms with Crippen LogP contribution >= 0.6 is 0 Å². The van der Waals surface area contributed by atoms with Gasteiger partial charge in [0.05, 0.1) is 13.1 Å². The third kappa shape index (κ3) is 22.1. The summed E-state index contributed by atoms with van der Waals surface area (Å²) in [6.45, 7) is 7.94. The lowest BCUT2D eigenvalue weighted by Gasteiger charge is -2.07. The summed E-state index contributed by atoms with van der Waals surface area (Å²) >= 11 is 0. The fourth-order valence-corrected chi connectivity index (χ4v) is 2.25. The van der Waals surface area contributed by atoms with Crippen molar-refractivity contribution >= 4 is 29.4 Å². The van der Waals surface area contributed by atoms with E-state index in [1.165, 1.54) is 0 Å². The van der Waals surface area contributed by atoms with E-state index < -0.39 is 11.9 Å². The van der Waals surface area contributed by atoms with Crippen LogP contribution in [0.4, 0.5) is 5.69 Å². The van der Waals surface area contributed by atoms with Crippen molar-refractivity contribution in [3.05, 3.63) is 29.8 Å². The Kier molecular flexibility index (Phi) is 22.4. The summed E-state index contributed by atoms with van der Waals surface area (Å²) in [5.41, 5.74) is 6.61. The fraction of sp³-hybridized carbons (Fsp3) is 0.583. The van der Waals surface area contributed by atoms with E-state index in [1.54, 1.807) is 7.05 Å². The fourth-order valence-electron chi connectivity index (χ4n) is 2.25. The van der Waals surface area contributed by atoms with Gasteiger partial charge in [0, 0.05) is 30.8 Å². The number of carbonyl (C=O) groups is 4. The lowest BCUT2D eigenvalue weighted by atomic mass is 10.2. The molecule has 0 fully saturated rings. The number of carboxylic acids is 1. The molecule has 0 spiro atoms. The summed E-state index contributed by atoms with van der Waals surface area (Å²) in [6.07, 6.45) is 5.53.